The highest BCUT2D eigenvalue weighted by atomic mass is 32.2. The van der Waals surface area contributed by atoms with Gasteiger partial charge in [0.1, 0.15) is 0 Å². The van der Waals surface area contributed by atoms with E-state index in [0.717, 1.165) is 6.54 Å². The van der Waals surface area contributed by atoms with E-state index in [4.69, 9.17) is 0 Å². The molecule has 0 fully saturated rings. The first-order valence-corrected chi connectivity index (χ1v) is 5.59. The monoisotopic (exact) mass is 183 g/mol. The van der Waals surface area contributed by atoms with Gasteiger partial charge in [0.05, 0.1) is 0 Å². The zero-order valence-electron chi connectivity index (χ0n) is 8.29. The minimum atomic E-state index is 0.704. The molecule has 2 heteroatoms. The van der Waals surface area contributed by atoms with Crippen molar-refractivity contribution >= 4 is 11.8 Å². The lowest BCUT2D eigenvalue weighted by Crippen LogP contribution is -2.11. The molecule has 0 aliphatic heterocycles. The minimum Gasteiger partial charge on any atom is -0.348 e. The predicted molar refractivity (Wildman–Crippen MR) is 56.9 cm³/mol. The number of nitrogens with zero attached hydrogens (tertiary/aromatic N) is 1. The van der Waals surface area contributed by atoms with Gasteiger partial charge in [0.15, 0.2) is 0 Å². The predicted octanol–water partition coefficient (Wildman–Crippen LogP) is 2.86. The molecule has 0 N–H and O–H groups in total. The molecule has 0 bridgehead atoms. The Morgan fingerprint density at radius 1 is 1.33 bits per heavy atom. The van der Waals surface area contributed by atoms with E-state index in [9.17, 15) is 0 Å². The van der Waals surface area contributed by atoms with E-state index >= 15 is 0 Å². The Morgan fingerprint density at radius 2 is 1.83 bits per heavy atom. The Labute approximate surface area is 79.2 Å². The largest absolute Gasteiger partial charge is 0.348 e. The zero-order chi connectivity index (χ0) is 9.14. The number of aryl methyl sites for hydroxylation is 2. The zero-order valence-corrected chi connectivity index (χ0v) is 9.11. The molecule has 1 aromatic heterocycles. The fourth-order valence-electron chi connectivity index (χ4n) is 1.32. The third-order valence-corrected chi connectivity index (χ3v) is 3.21. The molecule has 0 radical (unpaired) electrons. The number of rotatable bonds is 3. The van der Waals surface area contributed by atoms with Crippen LogP contribution in [0.4, 0.5) is 0 Å². The van der Waals surface area contributed by atoms with E-state index in [1.54, 1.807) is 0 Å². The molecule has 1 aromatic rings. The molecule has 0 aromatic carbocycles. The summed E-state index contributed by atoms with van der Waals surface area (Å²) in [4.78, 5) is 0. The van der Waals surface area contributed by atoms with Gasteiger partial charge in [-0.1, -0.05) is 6.92 Å². The van der Waals surface area contributed by atoms with Crippen LogP contribution in [0.3, 0.4) is 0 Å². The summed E-state index contributed by atoms with van der Waals surface area (Å²) in [6, 6.07) is 4.37. The number of aromatic nitrogens is 1. The van der Waals surface area contributed by atoms with Crippen LogP contribution in [-0.2, 0) is 6.54 Å². The van der Waals surface area contributed by atoms with E-state index in [-0.39, 0.29) is 0 Å². The van der Waals surface area contributed by atoms with Crippen LogP contribution in [0.25, 0.3) is 0 Å². The lowest BCUT2D eigenvalue weighted by Gasteiger charge is -2.13. The summed E-state index contributed by atoms with van der Waals surface area (Å²) >= 11 is 1.92. The maximum Gasteiger partial charge on any atom is 0.0341 e. The number of hydrogen-bond acceptors (Lipinski definition) is 1. The van der Waals surface area contributed by atoms with Gasteiger partial charge in [0.25, 0.3) is 0 Å². The van der Waals surface area contributed by atoms with Gasteiger partial charge >= 0.3 is 0 Å². The van der Waals surface area contributed by atoms with Crippen LogP contribution in [0.5, 0.6) is 0 Å². The van der Waals surface area contributed by atoms with E-state index in [2.05, 4.69) is 43.7 Å². The average molecular weight is 183 g/mol. The number of hydrogen-bond donors (Lipinski definition) is 0. The summed E-state index contributed by atoms with van der Waals surface area (Å²) in [5.41, 5.74) is 2.74. The van der Waals surface area contributed by atoms with Crippen LogP contribution in [-0.4, -0.2) is 16.1 Å². The maximum absolute atomic E-state index is 2.38. The normalized spacial score (nSPS) is 13.3. The first-order valence-electron chi connectivity index (χ1n) is 4.30. The molecule has 12 heavy (non-hydrogen) atoms. The van der Waals surface area contributed by atoms with Crippen molar-refractivity contribution in [1.29, 1.82) is 0 Å². The third kappa shape index (κ3) is 2.07. The molecular formula is C10H17NS. The molecule has 1 atom stereocenters. The smallest absolute Gasteiger partial charge is 0.0341 e. The maximum atomic E-state index is 2.38. The van der Waals surface area contributed by atoms with Crippen molar-refractivity contribution in [2.45, 2.75) is 32.6 Å². The molecule has 1 rings (SSSR count). The fraction of sp³-hybridized carbons (Fsp3) is 0.600. The van der Waals surface area contributed by atoms with Crippen molar-refractivity contribution in [2.24, 2.45) is 0 Å². The van der Waals surface area contributed by atoms with Crippen LogP contribution >= 0.6 is 11.8 Å². The molecule has 68 valence electrons. The highest BCUT2D eigenvalue weighted by Gasteiger charge is 2.04. The lowest BCUT2D eigenvalue weighted by molar-refractivity contribution is 0.661. The van der Waals surface area contributed by atoms with Gasteiger partial charge in [-0.25, -0.2) is 0 Å². The van der Waals surface area contributed by atoms with Gasteiger partial charge < -0.3 is 4.57 Å². The van der Waals surface area contributed by atoms with Gasteiger partial charge in [-0.2, -0.15) is 11.8 Å². The first kappa shape index (κ1) is 9.72. The Kier molecular flexibility index (Phi) is 3.27. The molecule has 1 heterocycles. The van der Waals surface area contributed by atoms with Crippen LogP contribution in [0.2, 0.25) is 0 Å². The van der Waals surface area contributed by atoms with Crippen LogP contribution < -0.4 is 0 Å². The second-order valence-corrected chi connectivity index (χ2v) is 4.55. The second kappa shape index (κ2) is 4.04. The Balaban J connectivity index is 2.73. The second-order valence-electron chi connectivity index (χ2n) is 3.27. The summed E-state index contributed by atoms with van der Waals surface area (Å²) in [5.74, 6) is 0. The fourth-order valence-corrected chi connectivity index (χ4v) is 1.62. The quantitative estimate of drug-likeness (QED) is 0.697. The molecule has 0 amide bonds. The van der Waals surface area contributed by atoms with Gasteiger partial charge in [-0.15, -0.1) is 0 Å². The minimum absolute atomic E-state index is 0.704. The first-order chi connectivity index (χ1) is 5.65. The molecule has 0 saturated heterocycles. The van der Waals surface area contributed by atoms with Gasteiger partial charge in [-0.3, -0.25) is 0 Å². The Bertz CT molecular complexity index is 233. The van der Waals surface area contributed by atoms with Crippen molar-refractivity contribution < 1.29 is 0 Å². The topological polar surface area (TPSA) is 4.93 Å². The molecule has 1 nitrogen and oxygen atoms in total. The van der Waals surface area contributed by atoms with Gasteiger partial charge in [0.2, 0.25) is 0 Å². The molecular weight excluding hydrogens is 166 g/mol. The molecule has 0 aliphatic carbocycles. The van der Waals surface area contributed by atoms with Crippen molar-refractivity contribution in [1.82, 2.24) is 4.57 Å². The molecule has 0 spiro atoms. The van der Waals surface area contributed by atoms with Crippen molar-refractivity contribution in [2.75, 3.05) is 6.26 Å². The van der Waals surface area contributed by atoms with E-state index in [0.29, 0.717) is 5.25 Å². The lowest BCUT2D eigenvalue weighted by atomic mass is 10.4. The highest BCUT2D eigenvalue weighted by molar-refractivity contribution is 7.99. The standard InChI is InChI=1S/C10H17NS/c1-8-5-6-9(2)11(8)7-10(3)12-4/h5-6,10H,7H2,1-4H3. The van der Waals surface area contributed by atoms with E-state index in [1.807, 2.05) is 11.8 Å². The summed E-state index contributed by atoms with van der Waals surface area (Å²) < 4.78 is 2.38. The van der Waals surface area contributed by atoms with Crippen molar-refractivity contribution in [3.05, 3.63) is 23.5 Å². The van der Waals surface area contributed by atoms with Crippen LogP contribution in [0.15, 0.2) is 12.1 Å². The Hall–Kier alpha value is -0.370. The Morgan fingerprint density at radius 3 is 2.25 bits per heavy atom. The summed E-state index contributed by atoms with van der Waals surface area (Å²) in [7, 11) is 0. The highest BCUT2D eigenvalue weighted by Crippen LogP contribution is 2.13. The SMILES string of the molecule is CSC(C)Cn1c(C)ccc1C. The third-order valence-electron chi connectivity index (χ3n) is 2.26. The summed E-state index contributed by atoms with van der Waals surface area (Å²) in [5, 5.41) is 0.704. The van der Waals surface area contributed by atoms with Crippen molar-refractivity contribution in [3.63, 3.8) is 0 Å². The molecule has 0 aliphatic rings. The van der Waals surface area contributed by atoms with E-state index in [1.165, 1.54) is 11.4 Å². The van der Waals surface area contributed by atoms with E-state index < -0.39 is 0 Å². The van der Waals surface area contributed by atoms with Crippen LogP contribution in [0, 0.1) is 13.8 Å². The number of thioether (sulfide) groups is 1. The summed E-state index contributed by atoms with van der Waals surface area (Å²) in [6.07, 6.45) is 2.17. The van der Waals surface area contributed by atoms with Crippen molar-refractivity contribution in [3.8, 4) is 0 Å². The van der Waals surface area contributed by atoms with Gasteiger partial charge in [-0.05, 0) is 32.2 Å². The molecule has 0 saturated carbocycles. The van der Waals surface area contributed by atoms with Gasteiger partial charge in [0, 0.05) is 23.2 Å². The summed E-state index contributed by atoms with van der Waals surface area (Å²) in [6.45, 7) is 7.73. The van der Waals surface area contributed by atoms with Crippen LogP contribution in [0.1, 0.15) is 18.3 Å². The average Bonchev–Trinajstić information content (AvgIpc) is 2.35. The molecule has 1 unspecified atom stereocenters.